The van der Waals surface area contributed by atoms with E-state index < -0.39 is 5.82 Å². The van der Waals surface area contributed by atoms with Gasteiger partial charge in [0.15, 0.2) is 5.15 Å². The van der Waals surface area contributed by atoms with Gasteiger partial charge >= 0.3 is 0 Å². The zero-order valence-electron chi connectivity index (χ0n) is 12.3. The number of allylic oxidation sites excluding steroid dienone is 1. The van der Waals surface area contributed by atoms with Gasteiger partial charge in [-0.15, -0.1) is 0 Å². The van der Waals surface area contributed by atoms with Gasteiger partial charge in [0, 0.05) is 19.2 Å². The molecule has 0 aromatic carbocycles. The first-order chi connectivity index (χ1) is 10.0. The van der Waals surface area contributed by atoms with Crippen molar-refractivity contribution < 1.29 is 4.39 Å². The molecule has 0 fully saturated rings. The Hall–Kier alpha value is -1.88. The molecule has 0 spiro atoms. The van der Waals surface area contributed by atoms with Gasteiger partial charge in [0.05, 0.1) is 30.0 Å². The van der Waals surface area contributed by atoms with Crippen LogP contribution in [0.4, 0.5) is 10.1 Å². The van der Waals surface area contributed by atoms with E-state index in [2.05, 4.69) is 34.9 Å². The van der Waals surface area contributed by atoms with Gasteiger partial charge < -0.3 is 4.90 Å². The summed E-state index contributed by atoms with van der Waals surface area (Å²) in [6.45, 7) is 7.71. The SMILES string of the molecule is C/C=C(/C)CN(CC)c1cn(-c2cncc(F)c2)nc1Cl. The summed E-state index contributed by atoms with van der Waals surface area (Å²) >= 11 is 6.23. The van der Waals surface area contributed by atoms with E-state index in [1.165, 1.54) is 11.6 Å². The molecule has 6 heteroatoms. The van der Waals surface area contributed by atoms with Crippen LogP contribution in [-0.4, -0.2) is 27.9 Å². The molecule has 4 nitrogen and oxygen atoms in total. The lowest BCUT2D eigenvalue weighted by Crippen LogP contribution is -2.24. The van der Waals surface area contributed by atoms with Gasteiger partial charge in [0.1, 0.15) is 5.82 Å². The summed E-state index contributed by atoms with van der Waals surface area (Å²) < 4.78 is 14.8. The summed E-state index contributed by atoms with van der Waals surface area (Å²) in [5.41, 5.74) is 2.61. The number of rotatable bonds is 5. The van der Waals surface area contributed by atoms with Crippen LogP contribution in [0.25, 0.3) is 5.69 Å². The van der Waals surface area contributed by atoms with Gasteiger partial charge in [-0.2, -0.15) is 5.10 Å². The normalized spacial score (nSPS) is 11.8. The Morgan fingerprint density at radius 1 is 1.48 bits per heavy atom. The molecule has 2 rings (SSSR count). The third-order valence-corrected chi connectivity index (χ3v) is 3.53. The van der Waals surface area contributed by atoms with Gasteiger partial charge in [-0.3, -0.25) is 4.98 Å². The summed E-state index contributed by atoms with van der Waals surface area (Å²) in [5.74, 6) is -0.405. The highest BCUT2D eigenvalue weighted by molar-refractivity contribution is 6.32. The van der Waals surface area contributed by atoms with Crippen LogP contribution in [0.1, 0.15) is 20.8 Å². The third kappa shape index (κ3) is 3.61. The van der Waals surface area contributed by atoms with Crippen molar-refractivity contribution in [2.24, 2.45) is 0 Å². The quantitative estimate of drug-likeness (QED) is 0.787. The largest absolute Gasteiger partial charge is 0.364 e. The van der Waals surface area contributed by atoms with Gasteiger partial charge in [-0.05, 0) is 20.8 Å². The molecule has 0 unspecified atom stereocenters. The predicted octanol–water partition coefficient (Wildman–Crippen LogP) is 3.85. The molecule has 0 aliphatic carbocycles. The smallest absolute Gasteiger partial charge is 0.174 e. The molecule has 0 aliphatic rings. The monoisotopic (exact) mass is 308 g/mol. The van der Waals surface area contributed by atoms with E-state index >= 15 is 0 Å². The van der Waals surface area contributed by atoms with Crippen LogP contribution >= 0.6 is 11.6 Å². The van der Waals surface area contributed by atoms with E-state index in [1.807, 2.05) is 6.92 Å². The number of pyridine rings is 1. The highest BCUT2D eigenvalue weighted by Gasteiger charge is 2.14. The zero-order chi connectivity index (χ0) is 15.4. The maximum atomic E-state index is 13.2. The van der Waals surface area contributed by atoms with Gasteiger partial charge in [-0.25, -0.2) is 9.07 Å². The molecule has 0 atom stereocenters. The molecule has 0 N–H and O–H groups in total. The maximum absolute atomic E-state index is 13.2. The van der Waals surface area contributed by atoms with Crippen molar-refractivity contribution in [2.75, 3.05) is 18.0 Å². The van der Waals surface area contributed by atoms with Crippen molar-refractivity contribution in [3.63, 3.8) is 0 Å². The lowest BCUT2D eigenvalue weighted by molar-refractivity contribution is 0.618. The second-order valence-electron chi connectivity index (χ2n) is 4.76. The minimum absolute atomic E-state index is 0.394. The second kappa shape index (κ2) is 6.72. The van der Waals surface area contributed by atoms with Crippen LogP contribution in [0.3, 0.4) is 0 Å². The first kappa shape index (κ1) is 15.5. The van der Waals surface area contributed by atoms with Crippen LogP contribution in [0.2, 0.25) is 5.15 Å². The van der Waals surface area contributed by atoms with Crippen LogP contribution in [0.15, 0.2) is 36.3 Å². The Bertz CT molecular complexity index is 651. The summed E-state index contributed by atoms with van der Waals surface area (Å²) in [4.78, 5) is 5.94. The molecule has 2 aromatic rings. The summed E-state index contributed by atoms with van der Waals surface area (Å²) in [5, 5.41) is 4.63. The van der Waals surface area contributed by atoms with E-state index in [-0.39, 0.29) is 0 Å². The molecular formula is C15H18ClFN4. The number of halogens is 2. The second-order valence-corrected chi connectivity index (χ2v) is 5.12. The van der Waals surface area contributed by atoms with E-state index in [0.717, 1.165) is 25.0 Å². The number of anilines is 1. The molecule has 112 valence electrons. The van der Waals surface area contributed by atoms with Crippen LogP contribution in [0.5, 0.6) is 0 Å². The molecule has 0 saturated heterocycles. The molecule has 2 heterocycles. The highest BCUT2D eigenvalue weighted by Crippen LogP contribution is 2.26. The third-order valence-electron chi connectivity index (χ3n) is 3.26. The standard InChI is InChI=1S/C15H18ClFN4/c1-4-11(3)9-20(5-2)14-10-21(19-15(14)16)13-6-12(17)7-18-8-13/h4,6-8,10H,5,9H2,1-3H3/b11-4-. The first-order valence-corrected chi connectivity index (χ1v) is 7.15. The fraction of sp³-hybridized carbons (Fsp3) is 0.333. The summed E-state index contributed by atoms with van der Waals surface area (Å²) in [6.07, 6.45) is 6.57. The molecule has 2 aromatic heterocycles. The Morgan fingerprint density at radius 2 is 2.24 bits per heavy atom. The molecular weight excluding hydrogens is 291 g/mol. The van der Waals surface area contributed by atoms with Crippen molar-refractivity contribution in [2.45, 2.75) is 20.8 Å². The molecule has 0 saturated carbocycles. The highest BCUT2D eigenvalue weighted by atomic mass is 35.5. The van der Waals surface area contributed by atoms with E-state index in [4.69, 9.17) is 11.6 Å². The first-order valence-electron chi connectivity index (χ1n) is 6.78. The average molecular weight is 309 g/mol. The fourth-order valence-corrected chi connectivity index (χ4v) is 2.22. The van der Waals surface area contributed by atoms with Crippen LogP contribution < -0.4 is 4.90 Å². The van der Waals surface area contributed by atoms with Crippen LogP contribution in [0, 0.1) is 5.82 Å². The number of hydrogen-bond acceptors (Lipinski definition) is 3. The van der Waals surface area contributed by atoms with Crippen LogP contribution in [-0.2, 0) is 0 Å². The van der Waals surface area contributed by atoms with Crippen molar-refractivity contribution in [1.82, 2.24) is 14.8 Å². The number of aromatic nitrogens is 3. The lowest BCUT2D eigenvalue weighted by atomic mass is 10.2. The lowest BCUT2D eigenvalue weighted by Gasteiger charge is -2.21. The van der Waals surface area contributed by atoms with E-state index in [9.17, 15) is 4.39 Å². The fourth-order valence-electron chi connectivity index (χ4n) is 1.97. The topological polar surface area (TPSA) is 34.0 Å². The minimum Gasteiger partial charge on any atom is -0.364 e. The van der Waals surface area contributed by atoms with Crippen molar-refractivity contribution in [3.05, 3.63) is 47.3 Å². The summed E-state index contributed by atoms with van der Waals surface area (Å²) in [7, 11) is 0. The molecule has 0 bridgehead atoms. The Morgan fingerprint density at radius 3 is 2.86 bits per heavy atom. The minimum atomic E-state index is -0.405. The predicted molar refractivity (Wildman–Crippen MR) is 83.6 cm³/mol. The Balaban J connectivity index is 2.34. The molecule has 0 amide bonds. The van der Waals surface area contributed by atoms with E-state index in [1.54, 1.807) is 17.1 Å². The Labute approximate surface area is 128 Å². The molecule has 0 aliphatic heterocycles. The number of nitrogens with zero attached hydrogens (tertiary/aromatic N) is 4. The maximum Gasteiger partial charge on any atom is 0.174 e. The van der Waals surface area contributed by atoms with Crippen molar-refractivity contribution in [3.8, 4) is 5.69 Å². The van der Waals surface area contributed by atoms with Crippen molar-refractivity contribution in [1.29, 1.82) is 0 Å². The number of hydrogen-bond donors (Lipinski definition) is 0. The van der Waals surface area contributed by atoms with Gasteiger partial charge in [0.2, 0.25) is 0 Å². The van der Waals surface area contributed by atoms with E-state index in [0.29, 0.717) is 10.8 Å². The van der Waals surface area contributed by atoms with Gasteiger partial charge in [-0.1, -0.05) is 23.3 Å². The molecule has 0 radical (unpaired) electrons. The number of likely N-dealkylation sites (N-methyl/N-ethyl adjacent to an activating group) is 1. The Kier molecular flexibility index (Phi) is 4.96. The summed E-state index contributed by atoms with van der Waals surface area (Å²) in [6, 6.07) is 1.37. The van der Waals surface area contributed by atoms with Crippen molar-refractivity contribution >= 4 is 17.3 Å². The van der Waals surface area contributed by atoms with Gasteiger partial charge in [0.25, 0.3) is 0 Å². The molecule has 21 heavy (non-hydrogen) atoms. The zero-order valence-corrected chi connectivity index (χ0v) is 13.1. The average Bonchev–Trinajstić information content (AvgIpc) is 2.86.